The number of methoxy groups -OCH3 is 1. The molecular formula is C13H27N3O3. The Labute approximate surface area is 116 Å². The average molecular weight is 273 g/mol. The van der Waals surface area contributed by atoms with Crippen LogP contribution in [-0.2, 0) is 14.3 Å². The monoisotopic (exact) mass is 273 g/mol. The fraction of sp³-hybridized carbons (Fsp3) is 0.846. The predicted octanol–water partition coefficient (Wildman–Crippen LogP) is -0.0623. The van der Waals surface area contributed by atoms with Gasteiger partial charge in [0.1, 0.15) is 0 Å². The Hall–Kier alpha value is -1.14. The molecule has 0 aromatic carbocycles. The summed E-state index contributed by atoms with van der Waals surface area (Å²) >= 11 is 0. The van der Waals surface area contributed by atoms with E-state index in [2.05, 4.69) is 5.32 Å². The number of likely N-dealkylation sites (N-methyl/N-ethyl adjacent to an activating group) is 1. The number of ether oxygens (including phenoxy) is 1. The average Bonchev–Trinajstić information content (AvgIpc) is 2.33. The van der Waals surface area contributed by atoms with E-state index in [4.69, 9.17) is 4.74 Å². The molecule has 19 heavy (non-hydrogen) atoms. The van der Waals surface area contributed by atoms with Crippen molar-refractivity contribution in [2.45, 2.75) is 26.3 Å². The van der Waals surface area contributed by atoms with E-state index >= 15 is 0 Å². The van der Waals surface area contributed by atoms with E-state index < -0.39 is 0 Å². The number of amides is 2. The third-order valence-electron chi connectivity index (χ3n) is 2.63. The molecule has 2 amide bonds. The van der Waals surface area contributed by atoms with Gasteiger partial charge in [-0.1, -0.05) is 13.8 Å². The topological polar surface area (TPSA) is 61.9 Å². The van der Waals surface area contributed by atoms with Crippen molar-refractivity contribution in [3.63, 3.8) is 0 Å². The van der Waals surface area contributed by atoms with Gasteiger partial charge in [-0.3, -0.25) is 9.59 Å². The van der Waals surface area contributed by atoms with Crippen molar-refractivity contribution in [2.24, 2.45) is 0 Å². The fourth-order valence-corrected chi connectivity index (χ4v) is 1.42. The second-order valence-electron chi connectivity index (χ2n) is 4.96. The Morgan fingerprint density at radius 3 is 2.32 bits per heavy atom. The summed E-state index contributed by atoms with van der Waals surface area (Å²) in [5.74, 6) is -0.110. The molecule has 0 radical (unpaired) electrons. The summed E-state index contributed by atoms with van der Waals surface area (Å²) in [7, 11) is 4.94. The van der Waals surface area contributed by atoms with Crippen molar-refractivity contribution in [1.29, 1.82) is 0 Å². The van der Waals surface area contributed by atoms with Crippen LogP contribution in [0, 0.1) is 0 Å². The van der Waals surface area contributed by atoms with Gasteiger partial charge in [0.05, 0.1) is 13.2 Å². The van der Waals surface area contributed by atoms with Crippen LogP contribution in [0.4, 0.5) is 0 Å². The highest BCUT2D eigenvalue weighted by atomic mass is 16.5. The number of rotatable bonds is 9. The third-order valence-corrected chi connectivity index (χ3v) is 2.63. The number of hydrogen-bond acceptors (Lipinski definition) is 4. The van der Waals surface area contributed by atoms with E-state index in [1.165, 1.54) is 4.90 Å². The van der Waals surface area contributed by atoms with Gasteiger partial charge in [0, 0.05) is 46.8 Å². The fourth-order valence-electron chi connectivity index (χ4n) is 1.42. The Morgan fingerprint density at radius 2 is 1.84 bits per heavy atom. The van der Waals surface area contributed by atoms with Crippen LogP contribution in [-0.4, -0.2) is 75.1 Å². The van der Waals surface area contributed by atoms with Gasteiger partial charge >= 0.3 is 0 Å². The quantitative estimate of drug-likeness (QED) is 0.639. The zero-order chi connectivity index (χ0) is 14.8. The normalized spacial score (nSPS) is 10.6. The second-order valence-corrected chi connectivity index (χ2v) is 4.96. The van der Waals surface area contributed by atoms with E-state index in [-0.39, 0.29) is 18.4 Å². The highest BCUT2D eigenvalue weighted by molar-refractivity contribution is 5.84. The van der Waals surface area contributed by atoms with Crippen molar-refractivity contribution in [2.75, 3.05) is 47.4 Å². The molecule has 6 heteroatoms. The van der Waals surface area contributed by atoms with E-state index in [9.17, 15) is 9.59 Å². The SMILES string of the molecule is COCCN(CC(=O)N(C)C)C(=O)CCNC(C)C. The summed E-state index contributed by atoms with van der Waals surface area (Å²) in [5, 5.41) is 3.19. The van der Waals surface area contributed by atoms with Gasteiger partial charge < -0.3 is 19.9 Å². The molecule has 112 valence electrons. The van der Waals surface area contributed by atoms with E-state index in [0.29, 0.717) is 32.2 Å². The van der Waals surface area contributed by atoms with Gasteiger partial charge in [-0.05, 0) is 0 Å². The first kappa shape index (κ1) is 17.9. The first-order chi connectivity index (χ1) is 8.88. The van der Waals surface area contributed by atoms with Crippen LogP contribution in [0.25, 0.3) is 0 Å². The van der Waals surface area contributed by atoms with E-state index in [0.717, 1.165) is 0 Å². The molecule has 0 unspecified atom stereocenters. The van der Waals surface area contributed by atoms with Gasteiger partial charge in [0.15, 0.2) is 0 Å². The van der Waals surface area contributed by atoms with Gasteiger partial charge in [-0.2, -0.15) is 0 Å². The standard InChI is InChI=1S/C13H27N3O3/c1-11(2)14-7-6-12(17)16(8-9-19-5)10-13(18)15(3)4/h11,14H,6-10H2,1-5H3. The Bertz CT molecular complexity index is 280. The Kier molecular flexibility index (Phi) is 9.16. The van der Waals surface area contributed by atoms with Crippen LogP contribution < -0.4 is 5.32 Å². The van der Waals surface area contributed by atoms with Gasteiger partial charge in [-0.25, -0.2) is 0 Å². The lowest BCUT2D eigenvalue weighted by Gasteiger charge is -2.23. The highest BCUT2D eigenvalue weighted by Crippen LogP contribution is 1.97. The molecular weight excluding hydrogens is 246 g/mol. The predicted molar refractivity (Wildman–Crippen MR) is 74.9 cm³/mol. The lowest BCUT2D eigenvalue weighted by atomic mass is 10.3. The van der Waals surface area contributed by atoms with Crippen LogP contribution in [0.5, 0.6) is 0 Å². The molecule has 0 atom stereocenters. The van der Waals surface area contributed by atoms with Crippen molar-refractivity contribution in [3.8, 4) is 0 Å². The number of carbonyl (C=O) groups excluding carboxylic acids is 2. The molecule has 0 aliphatic rings. The molecule has 0 aliphatic heterocycles. The molecule has 0 heterocycles. The summed E-state index contributed by atoms with van der Waals surface area (Å²) < 4.78 is 4.97. The van der Waals surface area contributed by atoms with Crippen molar-refractivity contribution in [3.05, 3.63) is 0 Å². The maximum absolute atomic E-state index is 12.0. The van der Waals surface area contributed by atoms with Crippen LogP contribution in [0.2, 0.25) is 0 Å². The summed E-state index contributed by atoms with van der Waals surface area (Å²) in [6.07, 6.45) is 0.391. The van der Waals surface area contributed by atoms with Gasteiger partial charge in [-0.15, -0.1) is 0 Å². The van der Waals surface area contributed by atoms with Crippen LogP contribution in [0.3, 0.4) is 0 Å². The number of nitrogens with zero attached hydrogens (tertiary/aromatic N) is 2. The summed E-state index contributed by atoms with van der Waals surface area (Å²) in [5.41, 5.74) is 0. The zero-order valence-electron chi connectivity index (χ0n) is 12.7. The van der Waals surface area contributed by atoms with Gasteiger partial charge in [0.2, 0.25) is 11.8 Å². The van der Waals surface area contributed by atoms with Crippen LogP contribution in [0.15, 0.2) is 0 Å². The van der Waals surface area contributed by atoms with Crippen molar-refractivity contribution < 1.29 is 14.3 Å². The minimum absolute atomic E-state index is 0.0274. The first-order valence-electron chi connectivity index (χ1n) is 6.58. The largest absolute Gasteiger partial charge is 0.383 e. The molecule has 6 nitrogen and oxygen atoms in total. The molecule has 0 fully saturated rings. The maximum Gasteiger partial charge on any atom is 0.241 e. The molecule has 0 spiro atoms. The summed E-state index contributed by atoms with van der Waals surface area (Å²) in [4.78, 5) is 26.8. The molecule has 0 bridgehead atoms. The second kappa shape index (κ2) is 9.75. The summed E-state index contributed by atoms with van der Waals surface area (Å²) in [6, 6.07) is 0.351. The van der Waals surface area contributed by atoms with Crippen molar-refractivity contribution in [1.82, 2.24) is 15.1 Å². The van der Waals surface area contributed by atoms with Crippen LogP contribution >= 0.6 is 0 Å². The Balaban J connectivity index is 4.30. The highest BCUT2D eigenvalue weighted by Gasteiger charge is 2.17. The number of hydrogen-bond donors (Lipinski definition) is 1. The lowest BCUT2D eigenvalue weighted by Crippen LogP contribution is -2.42. The lowest BCUT2D eigenvalue weighted by molar-refractivity contribution is -0.139. The number of carbonyl (C=O) groups is 2. The van der Waals surface area contributed by atoms with Crippen LogP contribution in [0.1, 0.15) is 20.3 Å². The molecule has 0 aromatic heterocycles. The zero-order valence-corrected chi connectivity index (χ0v) is 12.7. The van der Waals surface area contributed by atoms with Crippen molar-refractivity contribution >= 4 is 11.8 Å². The molecule has 0 aliphatic carbocycles. The summed E-state index contributed by atoms with van der Waals surface area (Å²) in [6.45, 7) is 5.67. The maximum atomic E-state index is 12.0. The molecule has 0 rings (SSSR count). The van der Waals surface area contributed by atoms with Gasteiger partial charge in [0.25, 0.3) is 0 Å². The molecule has 1 N–H and O–H groups in total. The molecule has 0 aromatic rings. The Morgan fingerprint density at radius 1 is 1.21 bits per heavy atom. The third kappa shape index (κ3) is 8.56. The first-order valence-corrected chi connectivity index (χ1v) is 6.58. The number of nitrogens with one attached hydrogen (secondary N) is 1. The molecule has 0 saturated carbocycles. The van der Waals surface area contributed by atoms with E-state index in [1.54, 1.807) is 26.1 Å². The minimum Gasteiger partial charge on any atom is -0.383 e. The minimum atomic E-state index is -0.0822. The smallest absolute Gasteiger partial charge is 0.241 e. The molecule has 0 saturated heterocycles. The van der Waals surface area contributed by atoms with E-state index in [1.807, 2.05) is 13.8 Å².